The first-order chi connectivity index (χ1) is 11.9. The smallest absolute Gasteiger partial charge is 0.190 e. The van der Waals surface area contributed by atoms with Crippen LogP contribution in [0.1, 0.15) is 34.1 Å². The summed E-state index contributed by atoms with van der Waals surface area (Å²) >= 11 is 0. The molecule has 0 aliphatic heterocycles. The van der Waals surface area contributed by atoms with E-state index >= 15 is 0 Å². The zero-order valence-electron chi connectivity index (χ0n) is 15.6. The van der Waals surface area contributed by atoms with E-state index in [-0.39, 0.29) is 13.0 Å². The van der Waals surface area contributed by atoms with E-state index in [0.29, 0.717) is 11.1 Å². The Labute approximate surface area is 152 Å². The van der Waals surface area contributed by atoms with Crippen molar-refractivity contribution in [1.82, 2.24) is 0 Å². The third kappa shape index (κ3) is 1.69. The van der Waals surface area contributed by atoms with E-state index in [0.717, 1.165) is 0 Å². The topological polar surface area (TPSA) is 118 Å². The predicted octanol–water partition coefficient (Wildman–Crippen LogP) is -0.0699. The van der Waals surface area contributed by atoms with Crippen molar-refractivity contribution < 1.29 is 30.3 Å². The summed E-state index contributed by atoms with van der Waals surface area (Å²) in [6, 6.07) is 0. The molecule has 26 heavy (non-hydrogen) atoms. The van der Waals surface area contributed by atoms with Crippen LogP contribution in [0.25, 0.3) is 0 Å². The molecule has 4 rings (SSSR count). The maximum Gasteiger partial charge on any atom is 0.190 e. The molecule has 2 fully saturated rings. The van der Waals surface area contributed by atoms with Crippen LogP contribution in [0.2, 0.25) is 0 Å². The molecule has 5 N–H and O–H groups in total. The number of aliphatic hydroxyl groups excluding tert-OH is 2. The lowest BCUT2D eigenvalue weighted by molar-refractivity contribution is -0.209. The maximum absolute atomic E-state index is 12.7. The summed E-state index contributed by atoms with van der Waals surface area (Å²) in [5.74, 6) is -3.14. The molecule has 0 amide bonds. The minimum absolute atomic E-state index is 0.0615. The van der Waals surface area contributed by atoms with Gasteiger partial charge in [0.2, 0.25) is 0 Å². The van der Waals surface area contributed by atoms with Gasteiger partial charge in [0.05, 0.1) is 18.3 Å². The number of aliphatic hydroxyl groups is 5. The Morgan fingerprint density at radius 2 is 1.81 bits per heavy atom. The van der Waals surface area contributed by atoms with Crippen molar-refractivity contribution in [3.05, 3.63) is 23.3 Å². The van der Waals surface area contributed by atoms with E-state index in [1.165, 1.54) is 0 Å². The van der Waals surface area contributed by atoms with E-state index < -0.39 is 57.8 Å². The standard InChI is InChI=1S/C20H28O6/c1-9-5-13-18(24,15(9)22)7-11(8-21)6-12-14-17(3,4)20(14,26)16(23)10(2)19(12,13)25/h5-6,10,12-14,16,21,23-26H,7-8H2,1-4H3/t10-,12+,13-,14-,16-,18+,19-,20+/m1/s1. The Kier molecular flexibility index (Phi) is 3.42. The monoisotopic (exact) mass is 364 g/mol. The summed E-state index contributed by atoms with van der Waals surface area (Å²) in [5, 5.41) is 54.9. The van der Waals surface area contributed by atoms with Gasteiger partial charge in [-0.15, -0.1) is 0 Å². The van der Waals surface area contributed by atoms with Crippen LogP contribution in [0.4, 0.5) is 0 Å². The van der Waals surface area contributed by atoms with Crippen LogP contribution in [0.5, 0.6) is 0 Å². The summed E-state index contributed by atoms with van der Waals surface area (Å²) < 4.78 is 0. The molecule has 2 saturated carbocycles. The summed E-state index contributed by atoms with van der Waals surface area (Å²) in [7, 11) is 0. The molecule has 0 aromatic carbocycles. The fourth-order valence-corrected chi connectivity index (χ4v) is 6.45. The van der Waals surface area contributed by atoms with Crippen molar-refractivity contribution in [1.29, 1.82) is 0 Å². The number of carbonyl (C=O) groups excluding carboxylic acids is 1. The lowest BCUT2D eigenvalue weighted by Crippen LogP contribution is -2.65. The van der Waals surface area contributed by atoms with Gasteiger partial charge in [-0.25, -0.2) is 0 Å². The molecule has 8 atom stereocenters. The normalized spacial score (nSPS) is 54.5. The molecule has 0 aromatic rings. The van der Waals surface area contributed by atoms with Gasteiger partial charge in [0, 0.05) is 35.5 Å². The average molecular weight is 364 g/mol. The van der Waals surface area contributed by atoms with Crippen LogP contribution in [0, 0.1) is 29.1 Å². The minimum atomic E-state index is -1.84. The second kappa shape index (κ2) is 4.86. The quantitative estimate of drug-likeness (QED) is 0.416. The molecule has 0 spiro atoms. The number of hydrogen-bond acceptors (Lipinski definition) is 6. The van der Waals surface area contributed by atoms with Crippen LogP contribution in [0.15, 0.2) is 23.3 Å². The molecule has 4 aliphatic rings. The summed E-state index contributed by atoms with van der Waals surface area (Å²) in [4.78, 5) is 12.7. The Hall–Kier alpha value is -1.05. The van der Waals surface area contributed by atoms with E-state index in [4.69, 9.17) is 0 Å². The van der Waals surface area contributed by atoms with Gasteiger partial charge >= 0.3 is 0 Å². The first-order valence-corrected chi connectivity index (χ1v) is 9.27. The highest BCUT2D eigenvalue weighted by Crippen LogP contribution is 2.74. The largest absolute Gasteiger partial charge is 0.392 e. The van der Waals surface area contributed by atoms with E-state index in [2.05, 4.69) is 0 Å². The van der Waals surface area contributed by atoms with Crippen LogP contribution in [-0.4, -0.2) is 60.8 Å². The third-order valence-corrected chi connectivity index (χ3v) is 8.04. The van der Waals surface area contributed by atoms with Crippen molar-refractivity contribution in [2.75, 3.05) is 6.61 Å². The van der Waals surface area contributed by atoms with Crippen molar-refractivity contribution in [3.8, 4) is 0 Å². The molecule has 144 valence electrons. The lowest BCUT2D eigenvalue weighted by atomic mass is 9.59. The minimum Gasteiger partial charge on any atom is -0.392 e. The van der Waals surface area contributed by atoms with Crippen LogP contribution >= 0.6 is 0 Å². The zero-order valence-corrected chi connectivity index (χ0v) is 15.6. The van der Waals surface area contributed by atoms with Crippen molar-refractivity contribution in [3.63, 3.8) is 0 Å². The number of fused-ring (bicyclic) bond motifs is 5. The first kappa shape index (κ1) is 18.3. The van der Waals surface area contributed by atoms with Gasteiger partial charge < -0.3 is 25.5 Å². The fraction of sp³-hybridized carbons (Fsp3) is 0.750. The fourth-order valence-electron chi connectivity index (χ4n) is 6.45. The Morgan fingerprint density at radius 3 is 2.38 bits per heavy atom. The molecule has 0 unspecified atom stereocenters. The van der Waals surface area contributed by atoms with Crippen LogP contribution in [-0.2, 0) is 4.79 Å². The van der Waals surface area contributed by atoms with Crippen molar-refractivity contribution in [2.45, 2.75) is 57.0 Å². The van der Waals surface area contributed by atoms with E-state index in [1.807, 2.05) is 13.8 Å². The van der Waals surface area contributed by atoms with Crippen LogP contribution in [0.3, 0.4) is 0 Å². The second-order valence-corrected chi connectivity index (χ2v) is 9.41. The zero-order chi connectivity index (χ0) is 19.4. The van der Waals surface area contributed by atoms with Gasteiger partial charge in [-0.1, -0.05) is 32.9 Å². The number of Topliss-reactive ketones (excluding diaryl/α,β-unsaturated/α-hetero) is 1. The Bertz CT molecular complexity index is 753. The third-order valence-electron chi connectivity index (χ3n) is 8.04. The van der Waals surface area contributed by atoms with Crippen molar-refractivity contribution in [2.24, 2.45) is 29.1 Å². The van der Waals surface area contributed by atoms with Gasteiger partial charge in [0.1, 0.15) is 11.2 Å². The molecular formula is C20H28O6. The van der Waals surface area contributed by atoms with E-state index in [9.17, 15) is 30.3 Å². The van der Waals surface area contributed by atoms with Gasteiger partial charge in [0.15, 0.2) is 5.78 Å². The molecule has 0 heterocycles. The van der Waals surface area contributed by atoms with Gasteiger partial charge in [-0.3, -0.25) is 4.79 Å². The maximum atomic E-state index is 12.7. The van der Waals surface area contributed by atoms with Crippen LogP contribution < -0.4 is 0 Å². The number of ketones is 1. The highest BCUT2D eigenvalue weighted by molar-refractivity contribution is 6.04. The molecule has 0 saturated heterocycles. The highest BCUT2D eigenvalue weighted by Gasteiger charge is 2.84. The lowest BCUT2D eigenvalue weighted by Gasteiger charge is -2.51. The molecule has 6 heteroatoms. The summed E-state index contributed by atoms with van der Waals surface area (Å²) in [6.07, 6.45) is 2.08. The SMILES string of the molecule is CC1=C[C@H]2[C@@]3(O)[C@H](C)[C@@H](O)[C@@]4(O)[C@H]([C@@H]3C=C(CO)C[C@@]2(O)C1=O)C4(C)C. The molecule has 0 radical (unpaired) electrons. The second-order valence-electron chi connectivity index (χ2n) is 9.41. The Morgan fingerprint density at radius 1 is 1.19 bits per heavy atom. The van der Waals surface area contributed by atoms with Gasteiger partial charge in [-0.05, 0) is 18.1 Å². The predicted molar refractivity (Wildman–Crippen MR) is 92.8 cm³/mol. The van der Waals surface area contributed by atoms with Crippen molar-refractivity contribution >= 4 is 5.78 Å². The molecule has 0 aromatic heterocycles. The van der Waals surface area contributed by atoms with E-state index in [1.54, 1.807) is 26.0 Å². The molecular weight excluding hydrogens is 336 g/mol. The number of rotatable bonds is 1. The summed E-state index contributed by atoms with van der Waals surface area (Å²) in [5.41, 5.74) is -4.57. The average Bonchev–Trinajstić information content (AvgIpc) is 2.97. The number of carbonyl (C=O) groups is 1. The molecule has 0 bridgehead atoms. The first-order valence-electron chi connectivity index (χ1n) is 9.27. The number of hydrogen-bond donors (Lipinski definition) is 5. The highest BCUT2D eigenvalue weighted by atomic mass is 16.4. The van der Waals surface area contributed by atoms with Gasteiger partial charge in [0.25, 0.3) is 0 Å². The molecule has 4 aliphatic carbocycles. The summed E-state index contributed by atoms with van der Waals surface area (Å²) in [6.45, 7) is 6.63. The van der Waals surface area contributed by atoms with Gasteiger partial charge in [-0.2, -0.15) is 0 Å². The Balaban J connectivity index is 1.96. The molecule has 6 nitrogen and oxygen atoms in total.